The smallest absolute Gasteiger partial charge is 0.354 e. The van der Waals surface area contributed by atoms with E-state index < -0.39 is 5.97 Å². The van der Waals surface area contributed by atoms with Gasteiger partial charge < -0.3 is 10.4 Å². The van der Waals surface area contributed by atoms with Gasteiger partial charge >= 0.3 is 5.97 Å². The van der Waals surface area contributed by atoms with Gasteiger partial charge in [0.1, 0.15) is 5.69 Å². The molecule has 1 aromatic rings. The van der Waals surface area contributed by atoms with E-state index in [1.54, 1.807) is 0 Å². The molecule has 1 heterocycles. The highest BCUT2D eigenvalue weighted by Gasteiger charge is 2.21. The zero-order valence-corrected chi connectivity index (χ0v) is 12.4. The van der Waals surface area contributed by atoms with E-state index in [2.05, 4.69) is 38.0 Å². The lowest BCUT2D eigenvalue weighted by Gasteiger charge is -2.26. The van der Waals surface area contributed by atoms with Gasteiger partial charge in [-0.15, -0.1) is 0 Å². The number of aromatic carboxylic acids is 1. The molecule has 1 rings (SSSR count). The average Bonchev–Trinajstić information content (AvgIpc) is 2.34. The number of carbonyl (C=O) groups is 2. The first-order chi connectivity index (χ1) is 9.21. The highest BCUT2D eigenvalue weighted by atomic mass is 16.4. The monoisotopic (exact) mass is 278 g/mol. The summed E-state index contributed by atoms with van der Waals surface area (Å²) in [7, 11) is 0. The minimum atomic E-state index is -1.14. The second kappa shape index (κ2) is 6.50. The third-order valence-corrected chi connectivity index (χ3v) is 2.93. The van der Waals surface area contributed by atoms with Crippen LogP contribution >= 0.6 is 0 Å². The number of carboxylic acid groups (broad SMARTS) is 1. The highest BCUT2D eigenvalue weighted by Crippen LogP contribution is 2.24. The SMILES string of the molecule is CC(C)CC(C)(C)CNC(=O)c1ccnc(C(=O)O)c1. The predicted octanol–water partition coefficient (Wildman–Crippen LogP) is 2.58. The zero-order chi connectivity index (χ0) is 15.3. The Morgan fingerprint density at radius 1 is 1.40 bits per heavy atom. The maximum atomic E-state index is 12.0. The van der Waals surface area contributed by atoms with Gasteiger partial charge in [-0.1, -0.05) is 27.7 Å². The molecule has 1 amide bonds. The number of nitrogens with one attached hydrogen (secondary N) is 1. The van der Waals surface area contributed by atoms with Crippen LogP contribution in [-0.4, -0.2) is 28.5 Å². The normalized spacial score (nSPS) is 11.4. The van der Waals surface area contributed by atoms with Crippen LogP contribution in [0.1, 0.15) is 55.0 Å². The van der Waals surface area contributed by atoms with Gasteiger partial charge in [0.2, 0.25) is 0 Å². The Labute approximate surface area is 119 Å². The Morgan fingerprint density at radius 2 is 2.05 bits per heavy atom. The van der Waals surface area contributed by atoms with Crippen LogP contribution in [-0.2, 0) is 0 Å². The molecule has 0 saturated carbocycles. The maximum Gasteiger partial charge on any atom is 0.354 e. The van der Waals surface area contributed by atoms with Crippen molar-refractivity contribution in [3.8, 4) is 0 Å². The van der Waals surface area contributed by atoms with Crippen LogP contribution in [0.5, 0.6) is 0 Å². The molecule has 0 saturated heterocycles. The van der Waals surface area contributed by atoms with Crippen molar-refractivity contribution in [2.75, 3.05) is 6.54 Å². The van der Waals surface area contributed by atoms with Crippen molar-refractivity contribution in [1.29, 1.82) is 0 Å². The fourth-order valence-corrected chi connectivity index (χ4v) is 2.29. The highest BCUT2D eigenvalue weighted by molar-refractivity contribution is 5.96. The number of rotatable bonds is 6. The lowest BCUT2D eigenvalue weighted by Crippen LogP contribution is -2.34. The Bertz CT molecular complexity index is 496. The molecule has 0 aliphatic rings. The number of carbonyl (C=O) groups excluding carboxylic acids is 1. The molecule has 20 heavy (non-hydrogen) atoms. The molecule has 0 aliphatic carbocycles. The zero-order valence-electron chi connectivity index (χ0n) is 12.4. The second-order valence-electron chi connectivity index (χ2n) is 6.18. The number of hydrogen-bond donors (Lipinski definition) is 2. The average molecular weight is 278 g/mol. The van der Waals surface area contributed by atoms with Gasteiger partial charge in [0, 0.05) is 18.3 Å². The fourth-order valence-electron chi connectivity index (χ4n) is 2.29. The van der Waals surface area contributed by atoms with E-state index in [0.29, 0.717) is 18.0 Å². The van der Waals surface area contributed by atoms with Gasteiger partial charge in [-0.05, 0) is 29.9 Å². The van der Waals surface area contributed by atoms with E-state index in [1.807, 2.05) is 0 Å². The van der Waals surface area contributed by atoms with Gasteiger partial charge in [0.15, 0.2) is 0 Å². The van der Waals surface area contributed by atoms with Crippen LogP contribution in [0.3, 0.4) is 0 Å². The van der Waals surface area contributed by atoms with E-state index in [0.717, 1.165) is 6.42 Å². The molecular weight excluding hydrogens is 256 g/mol. The van der Waals surface area contributed by atoms with Gasteiger partial charge in [-0.3, -0.25) is 4.79 Å². The van der Waals surface area contributed by atoms with Gasteiger partial charge in [-0.2, -0.15) is 0 Å². The quantitative estimate of drug-likeness (QED) is 0.838. The van der Waals surface area contributed by atoms with E-state index in [4.69, 9.17) is 5.11 Å². The third kappa shape index (κ3) is 4.99. The molecule has 0 fully saturated rings. The third-order valence-electron chi connectivity index (χ3n) is 2.93. The van der Waals surface area contributed by atoms with Crippen molar-refractivity contribution in [2.24, 2.45) is 11.3 Å². The summed E-state index contributed by atoms with van der Waals surface area (Å²) in [6.45, 7) is 9.04. The molecule has 5 heteroatoms. The Balaban J connectivity index is 2.68. The summed E-state index contributed by atoms with van der Waals surface area (Å²) >= 11 is 0. The number of carboxylic acids is 1. The first kappa shape index (κ1) is 16.1. The lowest BCUT2D eigenvalue weighted by molar-refractivity contribution is 0.0690. The number of pyridine rings is 1. The fraction of sp³-hybridized carbons (Fsp3) is 0.533. The van der Waals surface area contributed by atoms with E-state index in [-0.39, 0.29) is 17.0 Å². The van der Waals surface area contributed by atoms with E-state index in [9.17, 15) is 9.59 Å². The van der Waals surface area contributed by atoms with Gasteiger partial charge in [0.05, 0.1) is 0 Å². The minimum Gasteiger partial charge on any atom is -0.477 e. The van der Waals surface area contributed by atoms with Crippen LogP contribution in [0.25, 0.3) is 0 Å². The standard InChI is InChI=1S/C15H22N2O3/c1-10(2)8-15(3,4)9-17-13(18)11-5-6-16-12(7-11)14(19)20/h5-7,10H,8-9H2,1-4H3,(H,17,18)(H,19,20). The molecule has 1 aromatic heterocycles. The number of amides is 1. The molecular formula is C15H22N2O3. The summed E-state index contributed by atoms with van der Waals surface area (Å²) in [6.07, 6.45) is 2.33. The molecule has 0 spiro atoms. The molecule has 0 bridgehead atoms. The molecule has 0 aliphatic heterocycles. The summed E-state index contributed by atoms with van der Waals surface area (Å²) in [5, 5.41) is 11.7. The van der Waals surface area contributed by atoms with Crippen molar-refractivity contribution in [2.45, 2.75) is 34.1 Å². The molecule has 0 aromatic carbocycles. The van der Waals surface area contributed by atoms with Crippen molar-refractivity contribution >= 4 is 11.9 Å². The Hall–Kier alpha value is -1.91. The van der Waals surface area contributed by atoms with Gasteiger partial charge in [0.25, 0.3) is 5.91 Å². The topological polar surface area (TPSA) is 79.3 Å². The van der Waals surface area contributed by atoms with Gasteiger partial charge in [-0.25, -0.2) is 9.78 Å². The number of aromatic nitrogens is 1. The predicted molar refractivity (Wildman–Crippen MR) is 76.8 cm³/mol. The second-order valence-corrected chi connectivity index (χ2v) is 6.18. The first-order valence-corrected chi connectivity index (χ1v) is 6.69. The summed E-state index contributed by atoms with van der Waals surface area (Å²) in [5.74, 6) is -0.854. The van der Waals surface area contributed by atoms with Crippen LogP contribution in [0.15, 0.2) is 18.3 Å². The van der Waals surface area contributed by atoms with Crippen LogP contribution in [0.4, 0.5) is 0 Å². The summed E-state index contributed by atoms with van der Waals surface area (Å²) in [4.78, 5) is 26.5. The number of hydrogen-bond acceptors (Lipinski definition) is 3. The van der Waals surface area contributed by atoms with Crippen molar-refractivity contribution < 1.29 is 14.7 Å². The molecule has 0 unspecified atom stereocenters. The van der Waals surface area contributed by atoms with E-state index in [1.165, 1.54) is 18.3 Å². The van der Waals surface area contributed by atoms with Crippen molar-refractivity contribution in [3.63, 3.8) is 0 Å². The Kier molecular flexibility index (Phi) is 5.25. The summed E-state index contributed by atoms with van der Waals surface area (Å²) < 4.78 is 0. The van der Waals surface area contributed by atoms with Crippen LogP contribution < -0.4 is 5.32 Å². The van der Waals surface area contributed by atoms with Crippen LogP contribution in [0, 0.1) is 11.3 Å². The van der Waals surface area contributed by atoms with E-state index >= 15 is 0 Å². The van der Waals surface area contributed by atoms with Crippen molar-refractivity contribution in [1.82, 2.24) is 10.3 Å². The van der Waals surface area contributed by atoms with Crippen molar-refractivity contribution in [3.05, 3.63) is 29.6 Å². The maximum absolute atomic E-state index is 12.0. The molecule has 110 valence electrons. The minimum absolute atomic E-state index is 0.00643. The Morgan fingerprint density at radius 3 is 2.60 bits per heavy atom. The molecule has 5 nitrogen and oxygen atoms in total. The summed E-state index contributed by atoms with van der Waals surface area (Å²) in [5.41, 5.74) is 0.198. The molecule has 2 N–H and O–H groups in total. The molecule has 0 radical (unpaired) electrons. The summed E-state index contributed by atoms with van der Waals surface area (Å²) in [6, 6.07) is 2.80. The first-order valence-electron chi connectivity index (χ1n) is 6.69. The number of nitrogens with zero attached hydrogens (tertiary/aromatic N) is 1. The molecule has 0 atom stereocenters. The lowest BCUT2D eigenvalue weighted by atomic mass is 9.84. The largest absolute Gasteiger partial charge is 0.477 e. The van der Waals surface area contributed by atoms with Crippen LogP contribution in [0.2, 0.25) is 0 Å².